The first kappa shape index (κ1) is 7.56. The lowest BCUT2D eigenvalue weighted by atomic mass is 9.80. The van der Waals surface area contributed by atoms with E-state index in [1.54, 1.807) is 0 Å². The molecule has 1 saturated carbocycles. The van der Waals surface area contributed by atoms with Gasteiger partial charge >= 0.3 is 0 Å². The second-order valence-corrected chi connectivity index (χ2v) is 3.74. The molecule has 0 spiro atoms. The van der Waals surface area contributed by atoms with Crippen LogP contribution < -0.4 is 0 Å². The van der Waals surface area contributed by atoms with Crippen LogP contribution in [-0.4, -0.2) is 23.9 Å². The van der Waals surface area contributed by atoms with Crippen molar-refractivity contribution in [2.45, 2.75) is 44.3 Å². The molecule has 0 unspecified atom stereocenters. The Morgan fingerprint density at radius 1 is 1.09 bits per heavy atom. The molecule has 0 aromatic rings. The van der Waals surface area contributed by atoms with Crippen LogP contribution in [0.1, 0.15) is 32.1 Å². The number of aliphatic hydroxyl groups is 1. The van der Waals surface area contributed by atoms with Crippen molar-refractivity contribution in [3.05, 3.63) is 0 Å². The van der Waals surface area contributed by atoms with Crippen LogP contribution in [0, 0.1) is 5.92 Å². The van der Waals surface area contributed by atoms with Gasteiger partial charge in [0.05, 0.1) is 12.2 Å². The predicted octanol–water partition coefficient (Wildman–Crippen LogP) is 1.33. The van der Waals surface area contributed by atoms with Crippen molar-refractivity contribution in [3.63, 3.8) is 0 Å². The lowest BCUT2D eigenvalue weighted by Gasteiger charge is -2.38. The van der Waals surface area contributed by atoms with E-state index in [-0.39, 0.29) is 12.2 Å². The Bertz CT molecular complexity index is 134. The second-order valence-electron chi connectivity index (χ2n) is 3.74. The van der Waals surface area contributed by atoms with Crippen molar-refractivity contribution in [1.29, 1.82) is 0 Å². The summed E-state index contributed by atoms with van der Waals surface area (Å²) in [6.07, 6.45) is 5.86. The molecule has 1 N–H and O–H groups in total. The fourth-order valence-corrected chi connectivity index (χ4v) is 2.35. The molecule has 0 amide bonds. The smallest absolute Gasteiger partial charge is 0.0861 e. The summed E-state index contributed by atoms with van der Waals surface area (Å²) < 4.78 is 5.54. The van der Waals surface area contributed by atoms with E-state index in [9.17, 15) is 5.11 Å². The summed E-state index contributed by atoms with van der Waals surface area (Å²) in [5, 5.41) is 9.58. The maximum atomic E-state index is 9.58. The van der Waals surface area contributed by atoms with Crippen LogP contribution in [0.2, 0.25) is 0 Å². The highest BCUT2D eigenvalue weighted by Gasteiger charge is 2.34. The summed E-state index contributed by atoms with van der Waals surface area (Å²) in [5.41, 5.74) is 0. The molecule has 0 aromatic heterocycles. The van der Waals surface area contributed by atoms with Crippen LogP contribution in [-0.2, 0) is 4.74 Å². The van der Waals surface area contributed by atoms with E-state index in [1.165, 1.54) is 25.7 Å². The van der Waals surface area contributed by atoms with E-state index in [0.717, 1.165) is 13.0 Å². The molecule has 1 heterocycles. The average Bonchev–Trinajstić information content (AvgIpc) is 2.06. The first-order valence-electron chi connectivity index (χ1n) is 4.67. The molecule has 3 atom stereocenters. The van der Waals surface area contributed by atoms with Gasteiger partial charge in [0.2, 0.25) is 0 Å². The SMILES string of the molecule is O[C@H]1CCC[C@H]2CCCO[C@@H]21. The molecule has 2 heteroatoms. The molecule has 0 bridgehead atoms. The van der Waals surface area contributed by atoms with Crippen molar-refractivity contribution < 1.29 is 9.84 Å². The molecule has 2 nitrogen and oxygen atoms in total. The third-order valence-electron chi connectivity index (χ3n) is 2.95. The third-order valence-corrected chi connectivity index (χ3v) is 2.95. The highest BCUT2D eigenvalue weighted by Crippen LogP contribution is 2.33. The van der Waals surface area contributed by atoms with E-state index in [1.807, 2.05) is 0 Å². The molecular formula is C9H16O2. The van der Waals surface area contributed by atoms with E-state index in [4.69, 9.17) is 4.74 Å². The summed E-state index contributed by atoms with van der Waals surface area (Å²) in [4.78, 5) is 0. The monoisotopic (exact) mass is 156 g/mol. The van der Waals surface area contributed by atoms with Crippen LogP contribution in [0.15, 0.2) is 0 Å². The maximum absolute atomic E-state index is 9.58. The molecule has 1 saturated heterocycles. The molecular weight excluding hydrogens is 140 g/mol. The van der Waals surface area contributed by atoms with Gasteiger partial charge in [-0.2, -0.15) is 0 Å². The number of ether oxygens (including phenoxy) is 1. The van der Waals surface area contributed by atoms with E-state index in [0.29, 0.717) is 5.92 Å². The van der Waals surface area contributed by atoms with Gasteiger partial charge in [0.1, 0.15) is 0 Å². The first-order chi connectivity index (χ1) is 5.38. The Kier molecular flexibility index (Phi) is 2.14. The van der Waals surface area contributed by atoms with Crippen LogP contribution in [0.3, 0.4) is 0 Å². The van der Waals surface area contributed by atoms with Crippen molar-refractivity contribution in [1.82, 2.24) is 0 Å². The molecule has 0 radical (unpaired) electrons. The zero-order valence-corrected chi connectivity index (χ0v) is 6.83. The van der Waals surface area contributed by atoms with Gasteiger partial charge in [0, 0.05) is 6.61 Å². The number of rotatable bonds is 0. The van der Waals surface area contributed by atoms with Gasteiger partial charge in [0.25, 0.3) is 0 Å². The molecule has 1 aliphatic carbocycles. The zero-order valence-electron chi connectivity index (χ0n) is 6.83. The lowest BCUT2D eigenvalue weighted by Crippen LogP contribution is -2.42. The molecule has 64 valence electrons. The van der Waals surface area contributed by atoms with Gasteiger partial charge in [-0.05, 0) is 31.6 Å². The van der Waals surface area contributed by atoms with Crippen LogP contribution in [0.25, 0.3) is 0 Å². The third kappa shape index (κ3) is 1.42. The molecule has 0 aromatic carbocycles. The summed E-state index contributed by atoms with van der Waals surface area (Å²) in [5.74, 6) is 0.660. The standard InChI is InChI=1S/C9H16O2/c10-8-5-1-3-7-4-2-6-11-9(7)8/h7-10H,1-6H2/t7-,8-,9-/m0/s1. The fraction of sp³-hybridized carbons (Fsp3) is 1.00. The Labute approximate surface area is 67.6 Å². The van der Waals surface area contributed by atoms with Gasteiger partial charge in [-0.25, -0.2) is 0 Å². The Morgan fingerprint density at radius 3 is 2.73 bits per heavy atom. The summed E-state index contributed by atoms with van der Waals surface area (Å²) in [6, 6.07) is 0. The van der Waals surface area contributed by atoms with Crippen LogP contribution in [0.4, 0.5) is 0 Å². The molecule has 1 aliphatic heterocycles. The Morgan fingerprint density at radius 2 is 1.91 bits per heavy atom. The van der Waals surface area contributed by atoms with Crippen LogP contribution in [0.5, 0.6) is 0 Å². The number of fused-ring (bicyclic) bond motifs is 1. The summed E-state index contributed by atoms with van der Waals surface area (Å²) >= 11 is 0. The summed E-state index contributed by atoms with van der Waals surface area (Å²) in [7, 11) is 0. The van der Waals surface area contributed by atoms with Crippen molar-refractivity contribution >= 4 is 0 Å². The van der Waals surface area contributed by atoms with E-state index >= 15 is 0 Å². The molecule has 2 fully saturated rings. The van der Waals surface area contributed by atoms with Gasteiger partial charge in [-0.3, -0.25) is 0 Å². The van der Waals surface area contributed by atoms with Gasteiger partial charge < -0.3 is 9.84 Å². The lowest BCUT2D eigenvalue weighted by molar-refractivity contribution is -0.114. The van der Waals surface area contributed by atoms with Crippen molar-refractivity contribution in [3.8, 4) is 0 Å². The highest BCUT2D eigenvalue weighted by atomic mass is 16.5. The number of hydrogen-bond donors (Lipinski definition) is 1. The fourth-order valence-electron chi connectivity index (χ4n) is 2.35. The molecule has 11 heavy (non-hydrogen) atoms. The minimum atomic E-state index is -0.172. The van der Waals surface area contributed by atoms with Gasteiger partial charge in [0.15, 0.2) is 0 Å². The first-order valence-corrected chi connectivity index (χ1v) is 4.67. The van der Waals surface area contributed by atoms with E-state index in [2.05, 4.69) is 0 Å². The topological polar surface area (TPSA) is 29.5 Å². The number of aliphatic hydroxyl groups excluding tert-OH is 1. The molecule has 2 aliphatic rings. The zero-order chi connectivity index (χ0) is 7.68. The quantitative estimate of drug-likeness (QED) is 0.573. The Hall–Kier alpha value is -0.0800. The predicted molar refractivity (Wildman–Crippen MR) is 42.3 cm³/mol. The molecule has 2 rings (SSSR count). The van der Waals surface area contributed by atoms with Gasteiger partial charge in [-0.1, -0.05) is 6.42 Å². The largest absolute Gasteiger partial charge is 0.390 e. The van der Waals surface area contributed by atoms with Crippen molar-refractivity contribution in [2.24, 2.45) is 5.92 Å². The normalized spacial score (nSPS) is 45.0. The Balaban J connectivity index is 1.99. The minimum Gasteiger partial charge on any atom is -0.390 e. The van der Waals surface area contributed by atoms with Crippen LogP contribution >= 0.6 is 0 Å². The summed E-state index contributed by atoms with van der Waals surface area (Å²) in [6.45, 7) is 0.859. The second kappa shape index (κ2) is 3.11. The maximum Gasteiger partial charge on any atom is 0.0861 e. The number of hydrogen-bond acceptors (Lipinski definition) is 2. The van der Waals surface area contributed by atoms with E-state index < -0.39 is 0 Å². The van der Waals surface area contributed by atoms with Crippen molar-refractivity contribution in [2.75, 3.05) is 6.61 Å². The minimum absolute atomic E-state index is 0.172. The highest BCUT2D eigenvalue weighted by molar-refractivity contribution is 4.84. The van der Waals surface area contributed by atoms with Gasteiger partial charge in [-0.15, -0.1) is 0 Å². The average molecular weight is 156 g/mol.